The Kier molecular flexibility index (Phi) is 8.79. The Morgan fingerprint density at radius 3 is 1.57 bits per heavy atom. The van der Waals surface area contributed by atoms with Gasteiger partial charge in [0.1, 0.15) is 22.3 Å². The van der Waals surface area contributed by atoms with E-state index >= 15 is 0 Å². The molecule has 6 nitrogen and oxygen atoms in total. The van der Waals surface area contributed by atoms with Gasteiger partial charge in [-0.15, -0.1) is 0 Å². The van der Waals surface area contributed by atoms with Gasteiger partial charge in [0.15, 0.2) is 17.5 Å². The number of hydrogen-bond donors (Lipinski definition) is 0. The van der Waals surface area contributed by atoms with Crippen molar-refractivity contribution in [3.8, 4) is 73.2 Å². The second-order valence-electron chi connectivity index (χ2n) is 17.6. The quantitative estimate of drug-likeness (QED) is 0.159. The molecule has 14 aromatic rings. The number of benzene rings is 10. The Morgan fingerprint density at radius 1 is 0.275 bits per heavy atom. The van der Waals surface area contributed by atoms with Crippen LogP contribution in [0.15, 0.2) is 239 Å². The molecular weight excluding hydrogens is 845 g/mol. The van der Waals surface area contributed by atoms with Gasteiger partial charge in [0.05, 0.1) is 11.0 Å². The lowest BCUT2D eigenvalue weighted by Gasteiger charge is -2.10. The first-order chi connectivity index (χ1) is 34.2. The van der Waals surface area contributed by atoms with E-state index in [0.717, 1.165) is 99.6 Å². The van der Waals surface area contributed by atoms with Crippen molar-refractivity contribution >= 4 is 65.7 Å². The summed E-state index contributed by atoms with van der Waals surface area (Å²) in [6.07, 6.45) is 0. The van der Waals surface area contributed by atoms with Gasteiger partial charge < -0.3 is 13.4 Å². The number of nitrogens with zero attached hydrogens (tertiary/aromatic N) is 4. The molecule has 0 bridgehead atoms. The van der Waals surface area contributed by atoms with Crippen molar-refractivity contribution in [1.29, 1.82) is 0 Å². The van der Waals surface area contributed by atoms with Gasteiger partial charge in [0.2, 0.25) is 0 Å². The topological polar surface area (TPSA) is 69.9 Å². The second-order valence-corrected chi connectivity index (χ2v) is 17.6. The van der Waals surface area contributed by atoms with Crippen LogP contribution >= 0.6 is 0 Å². The predicted octanol–water partition coefficient (Wildman–Crippen LogP) is 16.8. The summed E-state index contributed by atoms with van der Waals surface area (Å²) in [5.74, 6) is 1.69. The SMILES string of the molecule is c1ccc(-c2ccc3c(c2)oc2cc(-c4nc(-c5ccccc5)nc(-c5cccc6oc7ccc(-c8cccc(-c9ccc%10c(c9)c9ccccc9n%10-c9ccccc9)c8)cc7c56)n4)ccc23)cc1. The molecule has 4 heterocycles. The number of rotatable bonds is 7. The van der Waals surface area contributed by atoms with E-state index in [4.69, 9.17) is 23.8 Å². The van der Waals surface area contributed by atoms with E-state index in [1.807, 2.05) is 54.6 Å². The maximum absolute atomic E-state index is 6.57. The number of aromatic nitrogens is 4. The second kappa shape index (κ2) is 15.6. The van der Waals surface area contributed by atoms with Crippen LogP contribution in [0.4, 0.5) is 0 Å². The summed E-state index contributed by atoms with van der Waals surface area (Å²) in [7, 11) is 0. The van der Waals surface area contributed by atoms with Crippen molar-refractivity contribution in [2.45, 2.75) is 0 Å². The number of fused-ring (bicyclic) bond motifs is 9. The molecule has 322 valence electrons. The smallest absolute Gasteiger partial charge is 0.164 e. The third-order valence-corrected chi connectivity index (χ3v) is 13.5. The zero-order valence-electron chi connectivity index (χ0n) is 37.0. The van der Waals surface area contributed by atoms with Crippen LogP contribution in [0.25, 0.3) is 139 Å². The summed E-state index contributed by atoms with van der Waals surface area (Å²) in [5, 5.41) is 6.49. The molecule has 0 saturated heterocycles. The monoisotopic (exact) mass is 882 g/mol. The number of hydrogen-bond acceptors (Lipinski definition) is 5. The van der Waals surface area contributed by atoms with Crippen LogP contribution < -0.4 is 0 Å². The van der Waals surface area contributed by atoms with Crippen LogP contribution in [0.3, 0.4) is 0 Å². The number of para-hydroxylation sites is 2. The Hall–Kier alpha value is -9.39. The fourth-order valence-electron chi connectivity index (χ4n) is 10.1. The van der Waals surface area contributed by atoms with Gasteiger partial charge in [0, 0.05) is 54.7 Å². The summed E-state index contributed by atoms with van der Waals surface area (Å²) < 4.78 is 15.5. The molecule has 0 radical (unpaired) electrons. The van der Waals surface area contributed by atoms with Crippen molar-refractivity contribution in [3.63, 3.8) is 0 Å². The molecule has 0 aliphatic rings. The largest absolute Gasteiger partial charge is 0.456 e. The molecule has 10 aromatic carbocycles. The summed E-state index contributed by atoms with van der Waals surface area (Å²) in [4.78, 5) is 15.5. The molecule has 0 N–H and O–H groups in total. The average molecular weight is 883 g/mol. The lowest BCUT2D eigenvalue weighted by atomic mass is 9.96. The zero-order chi connectivity index (χ0) is 45.4. The summed E-state index contributed by atoms with van der Waals surface area (Å²) in [6.45, 7) is 0. The first kappa shape index (κ1) is 38.8. The van der Waals surface area contributed by atoms with Gasteiger partial charge in [-0.2, -0.15) is 0 Å². The summed E-state index contributed by atoms with van der Waals surface area (Å²) in [6, 6.07) is 80.5. The van der Waals surface area contributed by atoms with Crippen LogP contribution in [0, 0.1) is 0 Å². The van der Waals surface area contributed by atoms with Crippen molar-refractivity contribution in [3.05, 3.63) is 231 Å². The highest BCUT2D eigenvalue weighted by Crippen LogP contribution is 2.41. The van der Waals surface area contributed by atoms with E-state index in [9.17, 15) is 0 Å². The van der Waals surface area contributed by atoms with E-state index < -0.39 is 0 Å². The standard InChI is InChI=1S/C63H38N4O2/c1-4-14-39(15-5-1)45-26-30-49-50-31-27-46(38-59(50)69-58(49)37-45)62-64-61(40-16-6-2-7-17-40)65-63(66-62)51-23-13-25-57-60(51)53-36-44(29-33-56(53)68-57)42-19-12-18-41(34-42)43-28-32-55-52(35-43)48-22-10-11-24-54(48)67(55)47-20-8-3-9-21-47/h1-38H. The Bertz CT molecular complexity index is 4300. The first-order valence-electron chi connectivity index (χ1n) is 23.2. The van der Waals surface area contributed by atoms with E-state index in [-0.39, 0.29) is 0 Å². The first-order valence-corrected chi connectivity index (χ1v) is 23.2. The van der Waals surface area contributed by atoms with Crippen LogP contribution in [0.1, 0.15) is 0 Å². The molecule has 0 saturated carbocycles. The van der Waals surface area contributed by atoms with E-state index in [1.54, 1.807) is 0 Å². The fraction of sp³-hybridized carbons (Fsp3) is 0. The number of furan rings is 2. The third-order valence-electron chi connectivity index (χ3n) is 13.5. The molecule has 0 unspecified atom stereocenters. The highest BCUT2D eigenvalue weighted by atomic mass is 16.3. The molecule has 6 heteroatoms. The maximum Gasteiger partial charge on any atom is 0.164 e. The normalized spacial score (nSPS) is 11.8. The molecule has 4 aromatic heterocycles. The van der Waals surface area contributed by atoms with Crippen molar-refractivity contribution in [2.75, 3.05) is 0 Å². The van der Waals surface area contributed by atoms with Gasteiger partial charge in [-0.3, -0.25) is 0 Å². The summed E-state index contributed by atoms with van der Waals surface area (Å²) in [5.41, 5.74) is 16.0. The average Bonchev–Trinajstić information content (AvgIpc) is 4.10. The van der Waals surface area contributed by atoms with Crippen LogP contribution in [-0.2, 0) is 0 Å². The van der Waals surface area contributed by atoms with Gasteiger partial charge in [-0.05, 0) is 112 Å². The minimum Gasteiger partial charge on any atom is -0.456 e. The van der Waals surface area contributed by atoms with Crippen molar-refractivity contribution < 1.29 is 8.83 Å². The predicted molar refractivity (Wildman–Crippen MR) is 281 cm³/mol. The molecule has 69 heavy (non-hydrogen) atoms. The Labute approximate surface area is 396 Å². The molecule has 0 aliphatic carbocycles. The molecule has 0 atom stereocenters. The van der Waals surface area contributed by atoms with Crippen LogP contribution in [0.5, 0.6) is 0 Å². The van der Waals surface area contributed by atoms with Gasteiger partial charge in [0.25, 0.3) is 0 Å². The Balaban J connectivity index is 0.873. The highest BCUT2D eigenvalue weighted by Gasteiger charge is 2.20. The zero-order valence-corrected chi connectivity index (χ0v) is 37.0. The minimum atomic E-state index is 0.552. The molecule has 0 amide bonds. The third kappa shape index (κ3) is 6.53. The van der Waals surface area contributed by atoms with Crippen molar-refractivity contribution in [1.82, 2.24) is 19.5 Å². The molecular formula is C63H38N4O2. The van der Waals surface area contributed by atoms with E-state index in [0.29, 0.717) is 17.5 Å². The van der Waals surface area contributed by atoms with Gasteiger partial charge in [-0.1, -0.05) is 152 Å². The lowest BCUT2D eigenvalue weighted by Crippen LogP contribution is -2.00. The lowest BCUT2D eigenvalue weighted by molar-refractivity contribution is 0.668. The summed E-state index contributed by atoms with van der Waals surface area (Å²) >= 11 is 0. The van der Waals surface area contributed by atoms with Gasteiger partial charge >= 0.3 is 0 Å². The Morgan fingerprint density at radius 2 is 0.797 bits per heavy atom. The fourth-order valence-corrected chi connectivity index (χ4v) is 10.1. The highest BCUT2D eigenvalue weighted by molar-refractivity contribution is 6.13. The van der Waals surface area contributed by atoms with Gasteiger partial charge in [-0.25, -0.2) is 15.0 Å². The molecule has 0 fully saturated rings. The molecule has 0 aliphatic heterocycles. The van der Waals surface area contributed by atoms with E-state index in [1.165, 1.54) is 21.8 Å². The molecule has 0 spiro atoms. The van der Waals surface area contributed by atoms with Crippen molar-refractivity contribution in [2.24, 2.45) is 0 Å². The van der Waals surface area contributed by atoms with Crippen LogP contribution in [-0.4, -0.2) is 19.5 Å². The maximum atomic E-state index is 6.57. The van der Waals surface area contributed by atoms with Crippen LogP contribution in [0.2, 0.25) is 0 Å². The minimum absolute atomic E-state index is 0.552. The van der Waals surface area contributed by atoms with E-state index in [2.05, 4.69) is 180 Å². The molecule has 14 rings (SSSR count).